The molecule has 0 bridgehead atoms. The molecule has 0 N–H and O–H groups in total. The lowest BCUT2D eigenvalue weighted by molar-refractivity contribution is 0.0727. The first-order chi connectivity index (χ1) is 9.18. The normalized spacial score (nSPS) is 10.4. The molecule has 2 nitrogen and oxygen atoms in total. The average molecular weight is 295 g/mol. The van der Waals surface area contributed by atoms with Gasteiger partial charge in [-0.3, -0.25) is 4.79 Å². The highest BCUT2D eigenvalue weighted by molar-refractivity contribution is 6.39. The Kier molecular flexibility index (Phi) is 4.97. The molecule has 0 aliphatic carbocycles. The van der Waals surface area contributed by atoms with Crippen LogP contribution in [0.5, 0.6) is 0 Å². The van der Waals surface area contributed by atoms with Crippen LogP contribution in [0.25, 0.3) is 0 Å². The fourth-order valence-corrected chi connectivity index (χ4v) is 2.28. The molecule has 0 saturated heterocycles. The van der Waals surface area contributed by atoms with Crippen LogP contribution in [-0.4, -0.2) is 12.4 Å². The molecular weight excluding hydrogens is 283 g/mol. The molecule has 0 radical (unpaired) electrons. The minimum absolute atomic E-state index is 0.0433. The summed E-state index contributed by atoms with van der Waals surface area (Å²) in [5, 5.41) is 0.696. The van der Waals surface area contributed by atoms with Gasteiger partial charge >= 0.3 is 0 Å². The van der Waals surface area contributed by atoms with Gasteiger partial charge in [-0.2, -0.15) is 0 Å². The van der Waals surface area contributed by atoms with E-state index in [1.807, 2.05) is 30.3 Å². The minimum Gasteiger partial charge on any atom is -0.369 e. The van der Waals surface area contributed by atoms with E-state index in [4.69, 9.17) is 27.9 Å². The summed E-state index contributed by atoms with van der Waals surface area (Å²) in [6.07, 6.45) is 0. The maximum absolute atomic E-state index is 12.0. The number of rotatable bonds is 5. The maximum Gasteiger partial charge on any atom is 0.191 e. The van der Waals surface area contributed by atoms with Gasteiger partial charge < -0.3 is 4.74 Å². The molecular formula is C15H12Cl2O2. The summed E-state index contributed by atoms with van der Waals surface area (Å²) in [5.41, 5.74) is 1.33. The van der Waals surface area contributed by atoms with Crippen LogP contribution >= 0.6 is 23.2 Å². The predicted octanol–water partition coefficient (Wildman–Crippen LogP) is 4.39. The Hall–Kier alpha value is -1.35. The molecule has 0 saturated carbocycles. The molecule has 0 aliphatic rings. The van der Waals surface area contributed by atoms with Crippen LogP contribution in [0.1, 0.15) is 15.9 Å². The maximum atomic E-state index is 12.0. The van der Waals surface area contributed by atoms with E-state index in [-0.39, 0.29) is 12.4 Å². The fraction of sp³-hybridized carbons (Fsp3) is 0.133. The number of halogens is 2. The number of ether oxygens (including phenoxy) is 1. The number of hydrogen-bond acceptors (Lipinski definition) is 2. The fourth-order valence-electron chi connectivity index (χ4n) is 1.67. The molecule has 0 unspecified atom stereocenters. The third kappa shape index (κ3) is 3.80. The van der Waals surface area contributed by atoms with Gasteiger partial charge in [0.05, 0.1) is 22.2 Å². The molecule has 0 heterocycles. The molecule has 0 fully saturated rings. The van der Waals surface area contributed by atoms with Crippen molar-refractivity contribution in [1.82, 2.24) is 0 Å². The van der Waals surface area contributed by atoms with Crippen LogP contribution in [-0.2, 0) is 11.3 Å². The number of Topliss-reactive ketones (excluding diaryl/α,β-unsaturated/α-hetero) is 1. The topological polar surface area (TPSA) is 26.3 Å². The van der Waals surface area contributed by atoms with Crippen molar-refractivity contribution in [3.8, 4) is 0 Å². The van der Waals surface area contributed by atoms with Gasteiger partial charge in [0.15, 0.2) is 5.78 Å². The summed E-state index contributed by atoms with van der Waals surface area (Å²) in [6, 6.07) is 14.6. The Labute approximate surface area is 121 Å². The van der Waals surface area contributed by atoms with Crippen molar-refractivity contribution in [1.29, 1.82) is 0 Å². The molecule has 2 aromatic rings. The molecule has 0 aromatic heterocycles. The SMILES string of the molecule is O=C(COCc1ccccc1)c1c(Cl)cccc1Cl. The Morgan fingerprint density at radius 3 is 2.21 bits per heavy atom. The third-order valence-electron chi connectivity index (χ3n) is 2.59. The van der Waals surface area contributed by atoms with Gasteiger partial charge in [0.1, 0.15) is 6.61 Å². The zero-order chi connectivity index (χ0) is 13.7. The van der Waals surface area contributed by atoms with Gasteiger partial charge in [-0.25, -0.2) is 0 Å². The number of carbonyl (C=O) groups is 1. The largest absolute Gasteiger partial charge is 0.369 e. The first-order valence-electron chi connectivity index (χ1n) is 5.77. The van der Waals surface area contributed by atoms with Crippen molar-refractivity contribution in [2.75, 3.05) is 6.61 Å². The summed E-state index contributed by atoms with van der Waals surface area (Å²) in [7, 11) is 0. The van der Waals surface area contributed by atoms with Gasteiger partial charge in [-0.1, -0.05) is 59.6 Å². The summed E-state index contributed by atoms with van der Waals surface area (Å²) >= 11 is 11.9. The summed E-state index contributed by atoms with van der Waals surface area (Å²) in [5.74, 6) is -0.216. The van der Waals surface area contributed by atoms with Crippen molar-refractivity contribution in [2.45, 2.75) is 6.61 Å². The second-order valence-corrected chi connectivity index (χ2v) is 4.81. The first-order valence-corrected chi connectivity index (χ1v) is 6.53. The molecule has 19 heavy (non-hydrogen) atoms. The molecule has 98 valence electrons. The molecule has 0 amide bonds. The standard InChI is InChI=1S/C15H12Cl2O2/c16-12-7-4-8-13(17)15(12)14(18)10-19-9-11-5-2-1-3-6-11/h1-8H,9-10H2. The van der Waals surface area contributed by atoms with E-state index in [1.54, 1.807) is 18.2 Å². The van der Waals surface area contributed by atoms with E-state index >= 15 is 0 Å². The van der Waals surface area contributed by atoms with Gasteiger partial charge in [-0.15, -0.1) is 0 Å². The van der Waals surface area contributed by atoms with Crippen molar-refractivity contribution >= 4 is 29.0 Å². The molecule has 0 aliphatic heterocycles. The molecule has 0 spiro atoms. The van der Waals surface area contributed by atoms with Gasteiger partial charge in [0, 0.05) is 0 Å². The summed E-state index contributed by atoms with van der Waals surface area (Å²) in [6.45, 7) is 0.340. The first kappa shape index (κ1) is 14.1. The molecule has 2 rings (SSSR count). The van der Waals surface area contributed by atoms with Crippen LogP contribution in [0, 0.1) is 0 Å². The molecule has 2 aromatic carbocycles. The predicted molar refractivity (Wildman–Crippen MR) is 76.9 cm³/mol. The van der Waals surface area contributed by atoms with E-state index in [1.165, 1.54) is 0 Å². The van der Waals surface area contributed by atoms with Gasteiger partial charge in [0.25, 0.3) is 0 Å². The monoisotopic (exact) mass is 294 g/mol. The Morgan fingerprint density at radius 2 is 1.58 bits per heavy atom. The number of benzene rings is 2. The Bertz CT molecular complexity index is 547. The van der Waals surface area contributed by atoms with Crippen LogP contribution < -0.4 is 0 Å². The highest BCUT2D eigenvalue weighted by atomic mass is 35.5. The van der Waals surface area contributed by atoms with E-state index < -0.39 is 0 Å². The molecule has 4 heteroatoms. The highest BCUT2D eigenvalue weighted by Gasteiger charge is 2.14. The van der Waals surface area contributed by atoms with E-state index in [0.717, 1.165) is 5.56 Å². The Balaban J connectivity index is 1.95. The van der Waals surface area contributed by atoms with Crippen molar-refractivity contribution in [2.24, 2.45) is 0 Å². The highest BCUT2D eigenvalue weighted by Crippen LogP contribution is 2.24. The van der Waals surface area contributed by atoms with E-state index in [9.17, 15) is 4.79 Å². The van der Waals surface area contributed by atoms with E-state index in [2.05, 4.69) is 0 Å². The Morgan fingerprint density at radius 1 is 0.947 bits per heavy atom. The second-order valence-electron chi connectivity index (χ2n) is 4.00. The van der Waals surface area contributed by atoms with Gasteiger partial charge in [-0.05, 0) is 17.7 Å². The lowest BCUT2D eigenvalue weighted by Gasteiger charge is -2.07. The second kappa shape index (κ2) is 6.71. The number of ketones is 1. The van der Waals surface area contributed by atoms with Crippen molar-refractivity contribution < 1.29 is 9.53 Å². The zero-order valence-corrected chi connectivity index (χ0v) is 11.6. The van der Waals surface area contributed by atoms with Crippen molar-refractivity contribution in [3.63, 3.8) is 0 Å². The third-order valence-corrected chi connectivity index (χ3v) is 3.22. The summed E-state index contributed by atoms with van der Waals surface area (Å²) < 4.78 is 5.38. The average Bonchev–Trinajstić information content (AvgIpc) is 2.40. The number of hydrogen-bond donors (Lipinski definition) is 0. The minimum atomic E-state index is -0.216. The lowest BCUT2D eigenvalue weighted by Crippen LogP contribution is -2.10. The quantitative estimate of drug-likeness (QED) is 0.764. The zero-order valence-electron chi connectivity index (χ0n) is 10.1. The smallest absolute Gasteiger partial charge is 0.191 e. The van der Waals surface area contributed by atoms with Crippen LogP contribution in [0.3, 0.4) is 0 Å². The van der Waals surface area contributed by atoms with Crippen LogP contribution in [0.2, 0.25) is 10.0 Å². The van der Waals surface area contributed by atoms with E-state index in [0.29, 0.717) is 22.2 Å². The number of carbonyl (C=O) groups excluding carboxylic acids is 1. The summed E-state index contributed by atoms with van der Waals surface area (Å²) in [4.78, 5) is 12.0. The van der Waals surface area contributed by atoms with Crippen molar-refractivity contribution in [3.05, 3.63) is 69.7 Å². The van der Waals surface area contributed by atoms with Gasteiger partial charge in [0.2, 0.25) is 0 Å². The lowest BCUT2D eigenvalue weighted by atomic mass is 10.1. The van der Waals surface area contributed by atoms with Crippen LogP contribution in [0.15, 0.2) is 48.5 Å². The molecule has 0 atom stereocenters. The van der Waals surface area contributed by atoms with Crippen LogP contribution in [0.4, 0.5) is 0 Å².